The molecule has 3 heterocycles. The quantitative estimate of drug-likeness (QED) is 0.489. The van der Waals surface area contributed by atoms with Crippen molar-refractivity contribution in [3.05, 3.63) is 76.8 Å². The second-order valence-electron chi connectivity index (χ2n) is 8.13. The number of carbonyl (C=O) groups excluding carboxylic acids is 1. The number of nitrogens with one attached hydrogen (secondary N) is 1. The molecule has 6 nitrogen and oxygen atoms in total. The van der Waals surface area contributed by atoms with Gasteiger partial charge in [0.2, 0.25) is 0 Å². The fraction of sp³-hybridized carbons (Fsp3) is 0.200. The van der Waals surface area contributed by atoms with E-state index in [2.05, 4.69) is 16.0 Å². The Bertz CT molecular complexity index is 1330. The number of nitrogens with zero attached hydrogens (tertiary/aromatic N) is 3. The van der Waals surface area contributed by atoms with Crippen molar-refractivity contribution in [2.75, 3.05) is 36.1 Å². The normalized spacial score (nSPS) is 16.1. The van der Waals surface area contributed by atoms with Gasteiger partial charge in [0.15, 0.2) is 0 Å². The number of benzene rings is 3. The molecule has 32 heavy (non-hydrogen) atoms. The van der Waals surface area contributed by atoms with Crippen molar-refractivity contribution < 1.29 is 9.53 Å². The molecule has 2 aliphatic heterocycles. The number of hydrogen-bond donors (Lipinski definition) is 1. The molecule has 0 unspecified atom stereocenters. The molecule has 0 saturated carbocycles. The molecule has 6 rings (SSSR count). The van der Waals surface area contributed by atoms with Gasteiger partial charge in [0.05, 0.1) is 30.8 Å². The molecule has 2 aliphatic rings. The van der Waals surface area contributed by atoms with Crippen molar-refractivity contribution in [3.8, 4) is 11.4 Å². The van der Waals surface area contributed by atoms with Crippen LogP contribution in [-0.2, 0) is 11.3 Å². The zero-order valence-electron chi connectivity index (χ0n) is 17.3. The van der Waals surface area contributed by atoms with Crippen LogP contribution < -0.4 is 9.80 Å². The zero-order valence-corrected chi connectivity index (χ0v) is 18.1. The first-order valence-electron chi connectivity index (χ1n) is 10.7. The van der Waals surface area contributed by atoms with Gasteiger partial charge in [-0.3, -0.25) is 4.79 Å². The molecular formula is C25H21ClN4O2. The Morgan fingerprint density at radius 3 is 2.53 bits per heavy atom. The molecule has 0 radical (unpaired) electrons. The fourth-order valence-corrected chi connectivity index (χ4v) is 4.57. The molecule has 0 atom stereocenters. The van der Waals surface area contributed by atoms with Gasteiger partial charge in [-0.05, 0) is 66.2 Å². The van der Waals surface area contributed by atoms with Gasteiger partial charge >= 0.3 is 0 Å². The summed E-state index contributed by atoms with van der Waals surface area (Å²) >= 11 is 6.00. The van der Waals surface area contributed by atoms with E-state index in [1.165, 1.54) is 0 Å². The van der Waals surface area contributed by atoms with E-state index in [-0.39, 0.29) is 5.91 Å². The third-order valence-corrected chi connectivity index (χ3v) is 6.42. The van der Waals surface area contributed by atoms with Crippen molar-refractivity contribution in [2.24, 2.45) is 0 Å². The standard InChI is InChI=1S/C25H21ClN4O2/c26-18-3-1-16(2-4-18)24-27-22-8-6-20(14-23(22)28-24)30-15-17-13-19(5-7-21(17)25(30)31)29-9-11-32-12-10-29/h1-8,13-14H,9-12,15H2,(H,27,28). The first-order valence-corrected chi connectivity index (χ1v) is 11.1. The van der Waals surface area contributed by atoms with Crippen LogP contribution in [0.1, 0.15) is 15.9 Å². The molecule has 4 aromatic rings. The highest BCUT2D eigenvalue weighted by atomic mass is 35.5. The first-order chi connectivity index (χ1) is 15.7. The Hall–Kier alpha value is -3.35. The third-order valence-electron chi connectivity index (χ3n) is 6.17. The highest BCUT2D eigenvalue weighted by Crippen LogP contribution is 2.33. The summed E-state index contributed by atoms with van der Waals surface area (Å²) in [5.41, 5.74) is 6.54. The summed E-state index contributed by atoms with van der Waals surface area (Å²) in [6, 6.07) is 19.6. The fourth-order valence-electron chi connectivity index (χ4n) is 4.44. The summed E-state index contributed by atoms with van der Waals surface area (Å²) in [6.07, 6.45) is 0. The lowest BCUT2D eigenvalue weighted by atomic mass is 10.1. The summed E-state index contributed by atoms with van der Waals surface area (Å²) in [5.74, 6) is 0.807. The average molecular weight is 445 g/mol. The number of halogens is 1. The van der Waals surface area contributed by atoms with Crippen molar-refractivity contribution in [1.29, 1.82) is 0 Å². The molecule has 1 amide bonds. The minimum absolute atomic E-state index is 0.0290. The molecule has 3 aromatic carbocycles. The van der Waals surface area contributed by atoms with Gasteiger partial charge in [-0.25, -0.2) is 4.98 Å². The van der Waals surface area contributed by atoms with Crippen LogP contribution in [0.25, 0.3) is 22.4 Å². The van der Waals surface area contributed by atoms with Crippen molar-refractivity contribution in [1.82, 2.24) is 9.97 Å². The Kier molecular flexibility index (Phi) is 4.63. The van der Waals surface area contributed by atoms with E-state index in [9.17, 15) is 4.79 Å². The number of aromatic amines is 1. The lowest BCUT2D eigenvalue weighted by Crippen LogP contribution is -2.36. The van der Waals surface area contributed by atoms with Gasteiger partial charge in [-0.15, -0.1) is 0 Å². The maximum absolute atomic E-state index is 13.1. The number of rotatable bonds is 3. The van der Waals surface area contributed by atoms with Gasteiger partial charge < -0.3 is 19.5 Å². The molecule has 0 bridgehead atoms. The lowest BCUT2D eigenvalue weighted by Gasteiger charge is -2.29. The molecule has 1 N–H and O–H groups in total. The molecule has 7 heteroatoms. The summed E-state index contributed by atoms with van der Waals surface area (Å²) in [5, 5.41) is 0.691. The first kappa shape index (κ1) is 19.3. The predicted molar refractivity (Wildman–Crippen MR) is 127 cm³/mol. The number of fused-ring (bicyclic) bond motifs is 2. The number of imidazole rings is 1. The summed E-state index contributed by atoms with van der Waals surface area (Å²) in [4.78, 5) is 25.4. The Morgan fingerprint density at radius 1 is 0.938 bits per heavy atom. The topological polar surface area (TPSA) is 61.5 Å². The van der Waals surface area contributed by atoms with E-state index >= 15 is 0 Å². The highest BCUT2D eigenvalue weighted by molar-refractivity contribution is 6.30. The maximum Gasteiger partial charge on any atom is 0.258 e. The van der Waals surface area contributed by atoms with E-state index in [0.717, 1.165) is 71.2 Å². The number of hydrogen-bond acceptors (Lipinski definition) is 4. The minimum atomic E-state index is 0.0290. The summed E-state index contributed by atoms with van der Waals surface area (Å²) in [7, 11) is 0. The summed E-state index contributed by atoms with van der Waals surface area (Å²) < 4.78 is 5.46. The highest BCUT2D eigenvalue weighted by Gasteiger charge is 2.29. The Morgan fingerprint density at radius 2 is 1.72 bits per heavy atom. The lowest BCUT2D eigenvalue weighted by molar-refractivity contribution is 0.0996. The Labute approximate surface area is 190 Å². The van der Waals surface area contributed by atoms with Crippen molar-refractivity contribution in [3.63, 3.8) is 0 Å². The second-order valence-corrected chi connectivity index (χ2v) is 8.56. The number of amides is 1. The van der Waals surface area contributed by atoms with Crippen LogP contribution in [-0.4, -0.2) is 42.2 Å². The number of H-pyrrole nitrogens is 1. The van der Waals surface area contributed by atoms with E-state index in [4.69, 9.17) is 21.3 Å². The SMILES string of the molecule is O=C1c2ccc(N3CCOCC3)cc2CN1c1ccc2[nH]c(-c3ccc(Cl)cc3)nc2c1. The van der Waals surface area contributed by atoms with Crippen LogP contribution in [0.5, 0.6) is 0 Å². The molecule has 1 aromatic heterocycles. The molecule has 160 valence electrons. The largest absolute Gasteiger partial charge is 0.378 e. The Balaban J connectivity index is 1.29. The van der Waals surface area contributed by atoms with E-state index < -0.39 is 0 Å². The smallest absolute Gasteiger partial charge is 0.258 e. The second kappa shape index (κ2) is 7.65. The number of aromatic nitrogens is 2. The zero-order chi connectivity index (χ0) is 21.7. The van der Waals surface area contributed by atoms with Gasteiger partial charge in [0.25, 0.3) is 5.91 Å². The third kappa shape index (κ3) is 3.32. The van der Waals surface area contributed by atoms with Gasteiger partial charge in [-0.2, -0.15) is 0 Å². The van der Waals surface area contributed by atoms with Crippen LogP contribution >= 0.6 is 11.6 Å². The van der Waals surface area contributed by atoms with Crippen LogP contribution in [0.15, 0.2) is 60.7 Å². The van der Waals surface area contributed by atoms with Crippen LogP contribution in [0, 0.1) is 0 Å². The predicted octanol–water partition coefficient (Wildman–Crippen LogP) is 4.88. The summed E-state index contributed by atoms with van der Waals surface area (Å²) in [6.45, 7) is 3.80. The van der Waals surface area contributed by atoms with Crippen LogP contribution in [0.3, 0.4) is 0 Å². The van der Waals surface area contributed by atoms with Gasteiger partial charge in [0.1, 0.15) is 5.82 Å². The molecule has 1 saturated heterocycles. The number of anilines is 2. The van der Waals surface area contributed by atoms with E-state index in [0.29, 0.717) is 11.6 Å². The van der Waals surface area contributed by atoms with Crippen molar-refractivity contribution in [2.45, 2.75) is 6.54 Å². The van der Waals surface area contributed by atoms with E-state index in [1.54, 1.807) is 0 Å². The molecule has 1 fully saturated rings. The molecule has 0 aliphatic carbocycles. The molecule has 0 spiro atoms. The number of morpholine rings is 1. The average Bonchev–Trinajstić information content (AvgIpc) is 3.40. The van der Waals surface area contributed by atoms with Gasteiger partial charge in [-0.1, -0.05) is 11.6 Å². The monoisotopic (exact) mass is 444 g/mol. The maximum atomic E-state index is 13.1. The minimum Gasteiger partial charge on any atom is -0.378 e. The van der Waals surface area contributed by atoms with E-state index in [1.807, 2.05) is 59.5 Å². The van der Waals surface area contributed by atoms with Crippen LogP contribution in [0.2, 0.25) is 5.02 Å². The van der Waals surface area contributed by atoms with Gasteiger partial charge in [0, 0.05) is 40.6 Å². The number of ether oxygens (including phenoxy) is 1. The molecular weight excluding hydrogens is 424 g/mol. The number of carbonyl (C=O) groups is 1. The van der Waals surface area contributed by atoms with Crippen molar-refractivity contribution >= 4 is 39.9 Å². The van der Waals surface area contributed by atoms with Crippen LogP contribution in [0.4, 0.5) is 11.4 Å².